The first-order valence-corrected chi connectivity index (χ1v) is 10.6. The molecule has 0 radical (unpaired) electrons. The predicted molar refractivity (Wildman–Crippen MR) is 115 cm³/mol. The number of nitrogens with two attached hydrogens (primary N) is 1. The lowest BCUT2D eigenvalue weighted by atomic mass is 9.70. The van der Waals surface area contributed by atoms with Crippen molar-refractivity contribution in [2.75, 3.05) is 26.8 Å². The molecule has 2 amide bonds. The van der Waals surface area contributed by atoms with Gasteiger partial charge in [0.05, 0.1) is 13.7 Å². The van der Waals surface area contributed by atoms with E-state index in [2.05, 4.69) is 11.0 Å². The first-order valence-electron chi connectivity index (χ1n) is 10.6. The molecule has 3 aliphatic heterocycles. The van der Waals surface area contributed by atoms with E-state index < -0.39 is 6.04 Å². The standard InChI is InChI=1S/C22H31N3O4.ClH/c1-29-17-5-2-4-14(8-17)9-20-16-10-15(19-6-3-7-21(27)25(19)20)11-24(12-16)22(28)18(23)13-26;/h2,4-5,8,15-16,18-20,26H,3,6-7,9-13,23H2,1H3;1H/t15-,16+,18-,19+,20+;/m1./s1. The van der Waals surface area contributed by atoms with E-state index in [1.165, 1.54) is 0 Å². The van der Waals surface area contributed by atoms with E-state index >= 15 is 0 Å². The van der Waals surface area contributed by atoms with Gasteiger partial charge in [0.1, 0.15) is 11.8 Å². The predicted octanol–water partition coefficient (Wildman–Crippen LogP) is 1.21. The number of rotatable bonds is 5. The maximum absolute atomic E-state index is 12.9. The molecule has 7 nitrogen and oxygen atoms in total. The van der Waals surface area contributed by atoms with Crippen LogP contribution in [0, 0.1) is 11.8 Å². The van der Waals surface area contributed by atoms with Crippen LogP contribution >= 0.6 is 12.4 Å². The number of hydrogen-bond donors (Lipinski definition) is 2. The Morgan fingerprint density at radius 2 is 2.10 bits per heavy atom. The zero-order valence-electron chi connectivity index (χ0n) is 17.4. The Bertz CT molecular complexity index is 777. The summed E-state index contributed by atoms with van der Waals surface area (Å²) in [5, 5.41) is 9.32. The maximum atomic E-state index is 12.9. The van der Waals surface area contributed by atoms with E-state index in [0.29, 0.717) is 19.5 Å². The molecule has 3 aliphatic rings. The Morgan fingerprint density at radius 3 is 2.83 bits per heavy atom. The van der Waals surface area contributed by atoms with Crippen molar-refractivity contribution in [3.8, 4) is 5.75 Å². The fraction of sp³-hybridized carbons (Fsp3) is 0.636. The minimum absolute atomic E-state index is 0. The Hall–Kier alpha value is -1.83. The maximum Gasteiger partial charge on any atom is 0.241 e. The molecule has 0 aliphatic carbocycles. The van der Waals surface area contributed by atoms with Crippen molar-refractivity contribution >= 4 is 24.2 Å². The Kier molecular flexibility index (Phi) is 7.26. The summed E-state index contributed by atoms with van der Waals surface area (Å²) in [6.07, 6.45) is 4.30. The van der Waals surface area contributed by atoms with Crippen LogP contribution in [0.4, 0.5) is 0 Å². The highest BCUT2D eigenvalue weighted by Crippen LogP contribution is 2.42. The largest absolute Gasteiger partial charge is 0.497 e. The van der Waals surface area contributed by atoms with E-state index in [1.54, 1.807) is 7.11 Å². The van der Waals surface area contributed by atoms with Gasteiger partial charge in [-0.25, -0.2) is 0 Å². The highest BCUT2D eigenvalue weighted by atomic mass is 35.5. The molecule has 3 saturated heterocycles. The normalized spacial score (nSPS) is 29.0. The molecule has 2 bridgehead atoms. The molecule has 0 unspecified atom stereocenters. The topological polar surface area (TPSA) is 96.1 Å². The number of nitrogens with zero attached hydrogens (tertiary/aromatic N) is 2. The number of ether oxygens (including phenoxy) is 1. The number of benzene rings is 1. The van der Waals surface area contributed by atoms with Gasteiger partial charge in [-0.1, -0.05) is 12.1 Å². The van der Waals surface area contributed by atoms with Crippen molar-refractivity contribution in [2.45, 2.75) is 50.2 Å². The van der Waals surface area contributed by atoms with Crippen LogP contribution in [0.15, 0.2) is 24.3 Å². The molecular weight excluding hydrogens is 406 g/mol. The van der Waals surface area contributed by atoms with Crippen molar-refractivity contribution in [1.29, 1.82) is 0 Å². The first-order chi connectivity index (χ1) is 14.0. The molecule has 4 rings (SSSR count). The molecule has 3 N–H and O–H groups in total. The molecule has 8 heteroatoms. The van der Waals surface area contributed by atoms with Crippen LogP contribution in [0.2, 0.25) is 0 Å². The number of likely N-dealkylation sites (tertiary alicyclic amines) is 1. The van der Waals surface area contributed by atoms with E-state index in [0.717, 1.165) is 37.0 Å². The van der Waals surface area contributed by atoms with E-state index in [-0.39, 0.29) is 54.7 Å². The summed E-state index contributed by atoms with van der Waals surface area (Å²) < 4.78 is 5.37. The molecule has 5 atom stereocenters. The first kappa shape index (κ1) is 22.8. The lowest BCUT2D eigenvalue weighted by Crippen LogP contribution is -2.66. The number of amides is 2. The highest BCUT2D eigenvalue weighted by molar-refractivity contribution is 5.85. The average molecular weight is 438 g/mol. The molecular formula is C22H32ClN3O4. The van der Waals surface area contributed by atoms with Crippen LogP contribution in [0.5, 0.6) is 5.75 Å². The van der Waals surface area contributed by atoms with Gasteiger partial charge in [-0.15, -0.1) is 12.4 Å². The number of aliphatic hydroxyl groups is 1. The zero-order chi connectivity index (χ0) is 20.5. The summed E-state index contributed by atoms with van der Waals surface area (Å²) in [4.78, 5) is 29.6. The van der Waals surface area contributed by atoms with Crippen molar-refractivity contribution < 1.29 is 19.4 Å². The number of fused-ring (bicyclic) bond motifs is 4. The summed E-state index contributed by atoms with van der Waals surface area (Å²) >= 11 is 0. The van der Waals surface area contributed by atoms with Gasteiger partial charge in [0.15, 0.2) is 0 Å². The monoisotopic (exact) mass is 437 g/mol. The number of carbonyl (C=O) groups is 2. The van der Waals surface area contributed by atoms with Gasteiger partial charge >= 0.3 is 0 Å². The number of halogens is 1. The van der Waals surface area contributed by atoms with Crippen LogP contribution in [0.1, 0.15) is 31.2 Å². The van der Waals surface area contributed by atoms with Crippen molar-refractivity contribution in [1.82, 2.24) is 9.80 Å². The zero-order valence-corrected chi connectivity index (χ0v) is 18.2. The second-order valence-corrected chi connectivity index (χ2v) is 8.67. The van der Waals surface area contributed by atoms with Gasteiger partial charge in [0.25, 0.3) is 0 Å². The fourth-order valence-corrected chi connectivity index (χ4v) is 5.57. The van der Waals surface area contributed by atoms with E-state index in [1.807, 2.05) is 23.1 Å². The lowest BCUT2D eigenvalue weighted by molar-refractivity contribution is -0.156. The molecule has 3 fully saturated rings. The molecule has 3 heterocycles. The van der Waals surface area contributed by atoms with Crippen LogP contribution < -0.4 is 10.5 Å². The van der Waals surface area contributed by atoms with Crippen LogP contribution in [-0.4, -0.2) is 71.7 Å². The molecule has 166 valence electrons. The molecule has 0 aromatic heterocycles. The van der Waals surface area contributed by atoms with Crippen molar-refractivity contribution in [2.24, 2.45) is 17.6 Å². The number of piperidine rings is 3. The summed E-state index contributed by atoms with van der Waals surface area (Å²) in [7, 11) is 1.66. The van der Waals surface area contributed by atoms with Gasteiger partial charge in [0.2, 0.25) is 11.8 Å². The number of hydrogen-bond acceptors (Lipinski definition) is 5. The minimum atomic E-state index is -0.866. The highest BCUT2D eigenvalue weighted by Gasteiger charge is 2.50. The van der Waals surface area contributed by atoms with E-state index in [9.17, 15) is 14.7 Å². The van der Waals surface area contributed by atoms with Crippen LogP contribution in [-0.2, 0) is 16.0 Å². The summed E-state index contributed by atoms with van der Waals surface area (Å²) in [5.41, 5.74) is 6.96. The Balaban J connectivity index is 0.00000256. The van der Waals surface area contributed by atoms with Crippen molar-refractivity contribution in [3.63, 3.8) is 0 Å². The number of aliphatic hydroxyl groups excluding tert-OH is 1. The Morgan fingerprint density at radius 1 is 1.33 bits per heavy atom. The van der Waals surface area contributed by atoms with Gasteiger partial charge < -0.3 is 25.4 Å². The third-order valence-electron chi connectivity index (χ3n) is 6.90. The van der Waals surface area contributed by atoms with Crippen molar-refractivity contribution in [3.05, 3.63) is 29.8 Å². The van der Waals surface area contributed by atoms with Gasteiger partial charge in [-0.2, -0.15) is 0 Å². The summed E-state index contributed by atoms with van der Waals surface area (Å²) in [5.74, 6) is 1.38. The minimum Gasteiger partial charge on any atom is -0.497 e. The number of methoxy groups -OCH3 is 1. The third kappa shape index (κ3) is 4.29. The van der Waals surface area contributed by atoms with Gasteiger partial charge in [-0.05, 0) is 55.2 Å². The Labute approximate surface area is 183 Å². The molecule has 0 spiro atoms. The third-order valence-corrected chi connectivity index (χ3v) is 6.90. The second-order valence-electron chi connectivity index (χ2n) is 8.67. The molecule has 1 aromatic carbocycles. The number of carbonyl (C=O) groups excluding carboxylic acids is 2. The lowest BCUT2D eigenvalue weighted by Gasteiger charge is -2.57. The van der Waals surface area contributed by atoms with Gasteiger partial charge in [0, 0.05) is 31.6 Å². The van der Waals surface area contributed by atoms with Gasteiger partial charge in [-0.3, -0.25) is 9.59 Å². The average Bonchev–Trinajstić information content (AvgIpc) is 2.75. The quantitative estimate of drug-likeness (QED) is 0.721. The second kappa shape index (κ2) is 9.54. The molecule has 1 aromatic rings. The summed E-state index contributed by atoms with van der Waals surface area (Å²) in [6.45, 7) is 0.878. The smallest absolute Gasteiger partial charge is 0.241 e. The van der Waals surface area contributed by atoms with Crippen LogP contribution in [0.25, 0.3) is 0 Å². The summed E-state index contributed by atoms with van der Waals surface area (Å²) in [6, 6.07) is 7.39. The SMILES string of the molecule is COc1cccc(C[C@H]2[C@H]3C[C@H](CN(C(=O)[C@H](N)CO)C3)[C@@H]3CCCC(=O)N32)c1.Cl. The van der Waals surface area contributed by atoms with Crippen LogP contribution in [0.3, 0.4) is 0 Å². The molecule has 30 heavy (non-hydrogen) atoms. The fourth-order valence-electron chi connectivity index (χ4n) is 5.57. The molecule has 0 saturated carbocycles. The van der Waals surface area contributed by atoms with E-state index in [4.69, 9.17) is 10.5 Å².